The number of nitrogens with one attached hydrogen (secondary N) is 1. The third-order valence-corrected chi connectivity index (χ3v) is 10.2. The fourth-order valence-electron chi connectivity index (χ4n) is 6.61. The van der Waals surface area contributed by atoms with Crippen molar-refractivity contribution in [2.45, 2.75) is 55.6 Å². The van der Waals surface area contributed by atoms with E-state index in [-0.39, 0.29) is 42.2 Å². The van der Waals surface area contributed by atoms with Crippen molar-refractivity contribution in [3.63, 3.8) is 0 Å². The molecule has 3 aliphatic heterocycles. The number of hydrogen-bond acceptors (Lipinski definition) is 6. The predicted octanol–water partition coefficient (Wildman–Crippen LogP) is 3.84. The Labute approximate surface area is 215 Å². The van der Waals surface area contributed by atoms with Crippen LogP contribution < -0.4 is 5.32 Å². The fraction of sp³-hybridized carbons (Fsp3) is 0.536. The molecule has 7 nitrogen and oxygen atoms in total. The number of hydrogen-bond donors (Lipinski definition) is 2. The van der Waals surface area contributed by atoms with Gasteiger partial charge in [0, 0.05) is 24.1 Å². The molecule has 0 radical (unpaired) electrons. The van der Waals surface area contributed by atoms with Gasteiger partial charge in [-0.3, -0.25) is 14.4 Å². The number of thioether (sulfide) groups is 1. The number of anilines is 1. The molecular weight excluding hydrogens is 476 g/mol. The Morgan fingerprint density at radius 3 is 2.69 bits per heavy atom. The second kappa shape index (κ2) is 10.1. The van der Waals surface area contributed by atoms with E-state index in [9.17, 15) is 19.5 Å². The third kappa shape index (κ3) is 3.98. The van der Waals surface area contributed by atoms with Crippen LogP contribution in [-0.2, 0) is 19.1 Å². The molecule has 1 spiro atoms. The number of carbonyl (C=O) groups is 3. The van der Waals surface area contributed by atoms with Crippen molar-refractivity contribution in [2.24, 2.45) is 17.8 Å². The highest BCUT2D eigenvalue weighted by molar-refractivity contribution is 8.02. The van der Waals surface area contributed by atoms with Crippen molar-refractivity contribution < 1.29 is 24.2 Å². The molecule has 2 amide bonds. The quantitative estimate of drug-likeness (QED) is 0.393. The molecule has 0 saturated carbocycles. The monoisotopic (exact) mass is 510 g/mol. The van der Waals surface area contributed by atoms with Crippen molar-refractivity contribution in [3.8, 4) is 0 Å². The van der Waals surface area contributed by atoms with Gasteiger partial charge in [0.25, 0.3) is 0 Å². The number of ether oxygens (including phenoxy) is 1. The van der Waals surface area contributed by atoms with E-state index in [2.05, 4.69) is 12.2 Å². The maximum Gasteiger partial charge on any atom is 0.310 e. The summed E-state index contributed by atoms with van der Waals surface area (Å²) in [4.78, 5) is 42.6. The molecule has 0 aliphatic carbocycles. The molecule has 0 aromatic heterocycles. The maximum absolute atomic E-state index is 14.0. The van der Waals surface area contributed by atoms with Crippen LogP contribution in [0.4, 0.5) is 5.69 Å². The summed E-state index contributed by atoms with van der Waals surface area (Å²) in [5, 5.41) is 14.4. The lowest BCUT2D eigenvalue weighted by atomic mass is 9.66. The standard InChI is InChI=1S/C28H34N2O5S/c1-3-35-27(34)22-21-15-17(2)28(36-21)23(22)26(33)30(13-7-4-8-14-31)24(28)25(32)29-20-12-11-18-9-5-6-10-19(18)16-20/h5-6,9-12,16-17,21-24,31H,3-4,7-8,13-15H2,1-2H3,(H,29,32)/t17?,21-,22+,23-,24?,28?/m0/s1. The highest BCUT2D eigenvalue weighted by atomic mass is 32.2. The number of rotatable bonds is 9. The topological polar surface area (TPSA) is 95.9 Å². The van der Waals surface area contributed by atoms with E-state index in [4.69, 9.17) is 4.74 Å². The van der Waals surface area contributed by atoms with Crippen molar-refractivity contribution >= 4 is 46.0 Å². The van der Waals surface area contributed by atoms with Crippen LogP contribution in [-0.4, -0.2) is 63.6 Å². The van der Waals surface area contributed by atoms with Crippen LogP contribution in [0, 0.1) is 17.8 Å². The van der Waals surface area contributed by atoms with Crippen LogP contribution in [0.3, 0.4) is 0 Å². The molecule has 2 bridgehead atoms. The molecular formula is C28H34N2O5S. The lowest BCUT2D eigenvalue weighted by Gasteiger charge is -2.38. The van der Waals surface area contributed by atoms with Gasteiger partial charge < -0.3 is 20.1 Å². The Morgan fingerprint density at radius 1 is 1.17 bits per heavy atom. The first-order chi connectivity index (χ1) is 17.4. The summed E-state index contributed by atoms with van der Waals surface area (Å²) in [5.74, 6) is -1.59. The first-order valence-corrected chi connectivity index (χ1v) is 13.9. The van der Waals surface area contributed by atoms with Crippen LogP contribution in [0.15, 0.2) is 42.5 Å². The Balaban J connectivity index is 1.48. The number of likely N-dealkylation sites (tertiary alicyclic amines) is 1. The van der Waals surface area contributed by atoms with E-state index >= 15 is 0 Å². The largest absolute Gasteiger partial charge is 0.466 e. The first-order valence-electron chi connectivity index (χ1n) is 13.0. The molecule has 192 valence electrons. The lowest BCUT2D eigenvalue weighted by Crippen LogP contribution is -2.54. The van der Waals surface area contributed by atoms with Gasteiger partial charge >= 0.3 is 5.97 Å². The smallest absolute Gasteiger partial charge is 0.310 e. The molecule has 3 unspecified atom stereocenters. The van der Waals surface area contributed by atoms with Gasteiger partial charge in [-0.15, -0.1) is 11.8 Å². The number of carbonyl (C=O) groups excluding carboxylic acids is 3. The van der Waals surface area contributed by atoms with Crippen LogP contribution >= 0.6 is 11.8 Å². The Hall–Kier alpha value is -2.58. The number of amides is 2. The van der Waals surface area contributed by atoms with E-state index in [0.29, 0.717) is 25.1 Å². The SMILES string of the molecule is CCOC(=O)[C@@H]1[C@@H]2CC(C)C3(S2)C(C(=O)Nc2ccc4ccccc4c2)N(CCCCCO)C(=O)[C@H]13. The molecule has 3 saturated heterocycles. The molecule has 2 N–H and O–H groups in total. The number of nitrogens with zero attached hydrogens (tertiary/aromatic N) is 1. The molecule has 3 heterocycles. The molecule has 2 aromatic rings. The van der Waals surface area contributed by atoms with Crippen molar-refractivity contribution in [3.05, 3.63) is 42.5 Å². The summed E-state index contributed by atoms with van der Waals surface area (Å²) < 4.78 is 4.74. The van der Waals surface area contributed by atoms with Crippen molar-refractivity contribution in [2.75, 3.05) is 25.1 Å². The normalized spacial score (nSPS) is 30.6. The minimum Gasteiger partial charge on any atom is -0.466 e. The zero-order chi connectivity index (χ0) is 25.4. The number of esters is 1. The van der Waals surface area contributed by atoms with E-state index in [0.717, 1.165) is 23.6 Å². The maximum atomic E-state index is 14.0. The Bertz CT molecular complexity index is 1170. The van der Waals surface area contributed by atoms with Gasteiger partial charge in [0.05, 0.1) is 23.2 Å². The number of fused-ring (bicyclic) bond motifs is 2. The van der Waals surface area contributed by atoms with Crippen LogP contribution in [0.1, 0.15) is 39.5 Å². The average molecular weight is 511 g/mol. The van der Waals surface area contributed by atoms with Gasteiger partial charge in [0.2, 0.25) is 11.8 Å². The van der Waals surface area contributed by atoms with E-state index < -0.39 is 22.6 Å². The molecule has 6 atom stereocenters. The van der Waals surface area contributed by atoms with Crippen molar-refractivity contribution in [1.82, 2.24) is 4.90 Å². The van der Waals surface area contributed by atoms with E-state index in [1.807, 2.05) is 42.5 Å². The minimum atomic E-state index is -0.667. The minimum absolute atomic E-state index is 0.0134. The number of aliphatic hydroxyl groups excluding tert-OH is 1. The molecule has 3 aliphatic rings. The number of benzene rings is 2. The molecule has 8 heteroatoms. The summed E-state index contributed by atoms with van der Waals surface area (Å²) in [6, 6.07) is 13.1. The van der Waals surface area contributed by atoms with Crippen LogP contribution in [0.2, 0.25) is 0 Å². The highest BCUT2D eigenvalue weighted by Gasteiger charge is 2.76. The van der Waals surface area contributed by atoms with Gasteiger partial charge in [0.15, 0.2) is 0 Å². The van der Waals surface area contributed by atoms with Crippen molar-refractivity contribution in [1.29, 1.82) is 0 Å². The number of aliphatic hydroxyl groups is 1. The zero-order valence-corrected chi connectivity index (χ0v) is 21.6. The summed E-state index contributed by atoms with van der Waals surface area (Å²) >= 11 is 1.66. The summed E-state index contributed by atoms with van der Waals surface area (Å²) in [6.07, 6.45) is 2.91. The zero-order valence-electron chi connectivity index (χ0n) is 20.8. The summed E-state index contributed by atoms with van der Waals surface area (Å²) in [7, 11) is 0. The predicted molar refractivity (Wildman–Crippen MR) is 141 cm³/mol. The fourth-order valence-corrected chi connectivity index (χ4v) is 9.02. The van der Waals surface area contributed by atoms with Gasteiger partial charge in [-0.25, -0.2) is 0 Å². The number of unbranched alkanes of at least 4 members (excludes halogenated alkanes) is 2. The Morgan fingerprint density at radius 2 is 1.94 bits per heavy atom. The summed E-state index contributed by atoms with van der Waals surface area (Å²) in [5.41, 5.74) is 0.693. The lowest BCUT2D eigenvalue weighted by molar-refractivity contribution is -0.154. The van der Waals surface area contributed by atoms with Gasteiger partial charge in [-0.2, -0.15) is 0 Å². The third-order valence-electron chi connectivity index (χ3n) is 8.13. The van der Waals surface area contributed by atoms with Gasteiger partial charge in [-0.05, 0) is 61.4 Å². The van der Waals surface area contributed by atoms with Gasteiger partial charge in [-0.1, -0.05) is 37.3 Å². The molecule has 36 heavy (non-hydrogen) atoms. The highest BCUT2D eigenvalue weighted by Crippen LogP contribution is 2.68. The molecule has 5 rings (SSSR count). The Kier molecular flexibility index (Phi) is 7.01. The molecule has 2 aromatic carbocycles. The second-order valence-electron chi connectivity index (χ2n) is 10.2. The molecule has 3 fully saturated rings. The second-order valence-corrected chi connectivity index (χ2v) is 11.7. The van der Waals surface area contributed by atoms with E-state index in [1.54, 1.807) is 23.6 Å². The van der Waals surface area contributed by atoms with Gasteiger partial charge in [0.1, 0.15) is 6.04 Å². The van der Waals surface area contributed by atoms with Crippen LogP contribution in [0.25, 0.3) is 10.8 Å². The first kappa shape index (κ1) is 25.1. The summed E-state index contributed by atoms with van der Waals surface area (Å²) in [6.45, 7) is 4.69. The average Bonchev–Trinajstić information content (AvgIpc) is 3.45. The van der Waals surface area contributed by atoms with E-state index in [1.165, 1.54) is 0 Å². The van der Waals surface area contributed by atoms with Crippen LogP contribution in [0.5, 0.6) is 0 Å².